The number of rotatable bonds is 15. The first-order valence-electron chi connectivity index (χ1n) is 14.1. The minimum atomic E-state index is -3.70. The van der Waals surface area contributed by atoms with Crippen LogP contribution in [0.5, 0.6) is 11.5 Å². The van der Waals surface area contributed by atoms with Crippen LogP contribution in [0.2, 0.25) is 0 Å². The molecule has 0 atom stereocenters. The molecule has 9 nitrogen and oxygen atoms in total. The summed E-state index contributed by atoms with van der Waals surface area (Å²) in [6.45, 7) is 15.9. The van der Waals surface area contributed by atoms with Crippen molar-refractivity contribution >= 4 is 42.6 Å². The zero-order valence-electron chi connectivity index (χ0n) is 25.5. The first-order chi connectivity index (χ1) is 19.5. The lowest BCUT2D eigenvalue weighted by Crippen LogP contribution is -2.39. The summed E-state index contributed by atoms with van der Waals surface area (Å²) >= 11 is 1.37. The summed E-state index contributed by atoms with van der Waals surface area (Å²) in [5.74, 6) is 1.38. The fraction of sp³-hybridized carbons (Fsp3) is 0.533. The molecule has 0 aliphatic rings. The number of carbonyl (C=O) groups excluding carboxylic acids is 1. The Morgan fingerprint density at radius 3 is 1.95 bits per heavy atom. The smallest absolute Gasteiger partial charge is 0.260 e. The largest absolute Gasteiger partial charge is 0.495 e. The molecule has 41 heavy (non-hydrogen) atoms. The molecule has 0 unspecified atom stereocenters. The lowest BCUT2D eigenvalue weighted by molar-refractivity contribution is 0.0983. The Morgan fingerprint density at radius 2 is 1.44 bits per heavy atom. The predicted octanol–water partition coefficient (Wildman–Crippen LogP) is 5.60. The maximum atomic E-state index is 14.0. The van der Waals surface area contributed by atoms with Gasteiger partial charge in [-0.2, -0.15) is 4.31 Å². The molecule has 0 bridgehead atoms. The van der Waals surface area contributed by atoms with E-state index in [4.69, 9.17) is 14.5 Å². The molecular formula is C30H44N4O5S2. The van der Waals surface area contributed by atoms with Crippen molar-refractivity contribution in [3.63, 3.8) is 0 Å². The molecule has 0 saturated carbocycles. The average Bonchev–Trinajstić information content (AvgIpc) is 3.39. The molecule has 0 saturated heterocycles. The van der Waals surface area contributed by atoms with Gasteiger partial charge in [-0.1, -0.05) is 52.9 Å². The molecule has 0 spiro atoms. The molecule has 0 fully saturated rings. The number of ether oxygens (including phenoxy) is 2. The highest BCUT2D eigenvalue weighted by Crippen LogP contribution is 2.40. The zero-order valence-corrected chi connectivity index (χ0v) is 27.1. The third kappa shape index (κ3) is 7.77. The van der Waals surface area contributed by atoms with E-state index in [9.17, 15) is 13.2 Å². The number of benzene rings is 2. The molecule has 0 aliphatic heterocycles. The highest BCUT2D eigenvalue weighted by Gasteiger charge is 2.28. The van der Waals surface area contributed by atoms with Gasteiger partial charge in [-0.15, -0.1) is 0 Å². The highest BCUT2D eigenvalue weighted by atomic mass is 32.2. The summed E-state index contributed by atoms with van der Waals surface area (Å²) < 4.78 is 40.4. The van der Waals surface area contributed by atoms with Crippen molar-refractivity contribution in [2.24, 2.45) is 11.8 Å². The summed E-state index contributed by atoms with van der Waals surface area (Å²) in [7, 11) is -0.517. The number of hydrogen-bond donors (Lipinski definition) is 0. The minimum Gasteiger partial charge on any atom is -0.495 e. The lowest BCUT2D eigenvalue weighted by Gasteiger charge is -2.26. The van der Waals surface area contributed by atoms with Crippen LogP contribution in [0.15, 0.2) is 41.3 Å². The minimum absolute atomic E-state index is 0.180. The molecule has 226 valence electrons. The number of carbonyl (C=O) groups is 1. The maximum absolute atomic E-state index is 14.0. The van der Waals surface area contributed by atoms with Crippen LogP contribution < -0.4 is 14.4 Å². The van der Waals surface area contributed by atoms with Crippen molar-refractivity contribution < 1.29 is 22.7 Å². The van der Waals surface area contributed by atoms with Crippen molar-refractivity contribution in [2.45, 2.75) is 46.4 Å². The molecule has 1 amide bonds. The molecule has 0 radical (unpaired) electrons. The summed E-state index contributed by atoms with van der Waals surface area (Å²) in [5.41, 5.74) is 1.02. The van der Waals surface area contributed by atoms with Crippen LogP contribution in [-0.2, 0) is 10.0 Å². The Morgan fingerprint density at radius 1 is 0.878 bits per heavy atom. The van der Waals surface area contributed by atoms with E-state index in [-0.39, 0.29) is 22.6 Å². The monoisotopic (exact) mass is 604 g/mol. The number of aromatic nitrogens is 1. The van der Waals surface area contributed by atoms with Gasteiger partial charge < -0.3 is 14.4 Å². The van der Waals surface area contributed by atoms with E-state index < -0.39 is 10.0 Å². The van der Waals surface area contributed by atoms with Crippen molar-refractivity contribution in [2.75, 3.05) is 58.4 Å². The van der Waals surface area contributed by atoms with Gasteiger partial charge in [-0.3, -0.25) is 9.69 Å². The van der Waals surface area contributed by atoms with Crippen LogP contribution >= 0.6 is 11.3 Å². The molecule has 0 N–H and O–H groups in total. The summed E-state index contributed by atoms with van der Waals surface area (Å²) in [5, 5.41) is 0.525. The van der Waals surface area contributed by atoms with E-state index in [1.54, 1.807) is 37.3 Å². The van der Waals surface area contributed by atoms with Gasteiger partial charge in [0.05, 0.1) is 19.1 Å². The fourth-order valence-corrected chi connectivity index (χ4v) is 7.48. The van der Waals surface area contributed by atoms with E-state index in [2.05, 4.69) is 18.7 Å². The Hall–Kier alpha value is -2.73. The van der Waals surface area contributed by atoms with Crippen LogP contribution in [0.1, 0.15) is 51.9 Å². The van der Waals surface area contributed by atoms with Crippen molar-refractivity contribution in [3.05, 3.63) is 42.0 Å². The van der Waals surface area contributed by atoms with E-state index >= 15 is 0 Å². The number of anilines is 1. The molecule has 1 heterocycles. The number of sulfonamides is 1. The maximum Gasteiger partial charge on any atom is 0.260 e. The average molecular weight is 605 g/mol. The molecule has 2 aromatic carbocycles. The predicted molar refractivity (Wildman–Crippen MR) is 167 cm³/mol. The Bertz CT molecular complexity index is 1350. The number of fused-ring (bicyclic) bond motifs is 1. The Balaban J connectivity index is 2.00. The van der Waals surface area contributed by atoms with Crippen LogP contribution in [0.25, 0.3) is 10.2 Å². The number of hydrogen-bond acceptors (Lipinski definition) is 8. The highest BCUT2D eigenvalue weighted by molar-refractivity contribution is 7.89. The van der Waals surface area contributed by atoms with Gasteiger partial charge in [-0.05, 0) is 61.3 Å². The van der Waals surface area contributed by atoms with Gasteiger partial charge in [-0.25, -0.2) is 13.4 Å². The Kier molecular flexibility index (Phi) is 11.5. The third-order valence-corrected chi connectivity index (χ3v) is 9.72. The molecule has 3 rings (SSSR count). The van der Waals surface area contributed by atoms with Gasteiger partial charge in [0.2, 0.25) is 10.0 Å². The molecule has 1 aromatic heterocycles. The number of nitrogens with zero attached hydrogens (tertiary/aromatic N) is 4. The Labute approximate surface area is 249 Å². The second-order valence-electron chi connectivity index (χ2n) is 10.8. The zero-order chi connectivity index (χ0) is 30.3. The standard InChI is InChI=1S/C30H44N4O5S2/c1-9-32(10-2)17-18-34(30-31-27-25(38-7)15-16-26(39-8)28(27)40-30)29(35)23-11-13-24(14-12-23)41(36,37)33(19-21(3)4)20-22(5)6/h11-16,21-22H,9-10,17-20H2,1-8H3. The van der Waals surface area contributed by atoms with E-state index in [0.29, 0.717) is 53.9 Å². The summed E-state index contributed by atoms with van der Waals surface area (Å²) in [6.07, 6.45) is 0. The van der Waals surface area contributed by atoms with Gasteiger partial charge in [0, 0.05) is 31.7 Å². The van der Waals surface area contributed by atoms with Crippen LogP contribution in [-0.4, -0.2) is 82.0 Å². The second kappa shape index (κ2) is 14.4. The van der Waals surface area contributed by atoms with Crippen LogP contribution in [0.3, 0.4) is 0 Å². The topological polar surface area (TPSA) is 92.3 Å². The number of methoxy groups -OCH3 is 2. The van der Waals surface area contributed by atoms with E-state index in [1.807, 2.05) is 33.8 Å². The normalized spacial score (nSPS) is 12.2. The first-order valence-corrected chi connectivity index (χ1v) is 16.4. The van der Waals surface area contributed by atoms with Crippen LogP contribution in [0.4, 0.5) is 5.13 Å². The fourth-order valence-electron chi connectivity index (χ4n) is 4.61. The summed E-state index contributed by atoms with van der Waals surface area (Å²) in [6, 6.07) is 9.88. The van der Waals surface area contributed by atoms with E-state index in [0.717, 1.165) is 17.8 Å². The first kappa shape index (κ1) is 32.8. The SMILES string of the molecule is CCN(CC)CCN(C(=O)c1ccc(S(=O)(=O)N(CC(C)C)CC(C)C)cc1)c1nc2c(OC)ccc(OC)c2s1. The van der Waals surface area contributed by atoms with Gasteiger partial charge in [0.25, 0.3) is 5.91 Å². The lowest BCUT2D eigenvalue weighted by atomic mass is 10.2. The number of likely N-dealkylation sites (N-methyl/N-ethyl adjacent to an activating group) is 1. The third-order valence-electron chi connectivity index (χ3n) is 6.79. The number of amides is 1. The quantitative estimate of drug-likeness (QED) is 0.223. The van der Waals surface area contributed by atoms with Crippen molar-refractivity contribution in [1.82, 2.24) is 14.2 Å². The molecule has 11 heteroatoms. The second-order valence-corrected chi connectivity index (χ2v) is 13.7. The summed E-state index contributed by atoms with van der Waals surface area (Å²) in [4.78, 5) is 22.8. The van der Waals surface area contributed by atoms with E-state index in [1.165, 1.54) is 27.8 Å². The van der Waals surface area contributed by atoms with Gasteiger partial charge in [0.1, 0.15) is 21.7 Å². The van der Waals surface area contributed by atoms with Gasteiger partial charge >= 0.3 is 0 Å². The van der Waals surface area contributed by atoms with Crippen molar-refractivity contribution in [3.8, 4) is 11.5 Å². The van der Waals surface area contributed by atoms with Gasteiger partial charge in [0.15, 0.2) is 5.13 Å². The van der Waals surface area contributed by atoms with Crippen molar-refractivity contribution in [1.29, 1.82) is 0 Å². The van der Waals surface area contributed by atoms with Crippen LogP contribution in [0, 0.1) is 11.8 Å². The molecule has 0 aliphatic carbocycles. The molecular weight excluding hydrogens is 560 g/mol. The number of thiazole rings is 1. The molecule has 3 aromatic rings.